The van der Waals surface area contributed by atoms with Crippen molar-refractivity contribution in [2.24, 2.45) is 7.05 Å². The van der Waals surface area contributed by atoms with E-state index >= 15 is 0 Å². The van der Waals surface area contributed by atoms with Gasteiger partial charge in [-0.3, -0.25) is 9.78 Å². The summed E-state index contributed by atoms with van der Waals surface area (Å²) in [6, 6.07) is 6.14. The van der Waals surface area contributed by atoms with Gasteiger partial charge in [0, 0.05) is 25.2 Å². The molecule has 1 aromatic carbocycles. The fourth-order valence-electron chi connectivity index (χ4n) is 3.85. The molecule has 1 aliphatic rings. The van der Waals surface area contributed by atoms with Crippen LogP contribution in [0.1, 0.15) is 41.1 Å². The van der Waals surface area contributed by atoms with E-state index in [-0.39, 0.29) is 6.03 Å². The number of carbonyl (C=O) groups excluding carboxylic acids is 1. The van der Waals surface area contributed by atoms with E-state index in [0.717, 1.165) is 35.1 Å². The molecule has 3 aromatic rings. The summed E-state index contributed by atoms with van der Waals surface area (Å²) in [6.07, 6.45) is 4.52. The maximum atomic E-state index is 12.6. The Morgan fingerprint density at radius 1 is 1.30 bits per heavy atom. The molecule has 1 aliphatic carbocycles. The van der Waals surface area contributed by atoms with Crippen LogP contribution in [0.15, 0.2) is 18.2 Å². The fraction of sp³-hybridized carbons (Fsp3) is 0.450. The minimum absolute atomic E-state index is 0.117. The Morgan fingerprint density at radius 2 is 2.11 bits per heavy atom. The Hall–Kier alpha value is -2.83. The second kappa shape index (κ2) is 7.06. The van der Waals surface area contributed by atoms with Gasteiger partial charge in [0.15, 0.2) is 0 Å². The van der Waals surface area contributed by atoms with Crippen molar-refractivity contribution in [2.45, 2.75) is 45.7 Å². The van der Waals surface area contributed by atoms with Crippen molar-refractivity contribution >= 4 is 16.9 Å². The Balaban J connectivity index is 1.42. The first kappa shape index (κ1) is 17.6. The number of hydrogen-bond donors (Lipinski definition) is 2. The molecule has 0 aliphatic heterocycles. The largest absolute Gasteiger partial charge is 0.332 e. The SMILES string of the molecule is Cc1ccc2c(c1)c(CNC(=O)N(C)Cc1n[nH]c3c1CCCC3)nn2C. The van der Waals surface area contributed by atoms with Gasteiger partial charge in [-0.25, -0.2) is 4.79 Å². The van der Waals surface area contributed by atoms with E-state index in [1.165, 1.54) is 29.7 Å². The zero-order valence-electron chi connectivity index (χ0n) is 16.2. The molecule has 0 fully saturated rings. The molecule has 0 unspecified atom stereocenters. The summed E-state index contributed by atoms with van der Waals surface area (Å²) in [5, 5.41) is 16.2. The maximum Gasteiger partial charge on any atom is 0.317 e. The number of amides is 2. The van der Waals surface area contributed by atoms with E-state index in [4.69, 9.17) is 0 Å². The monoisotopic (exact) mass is 366 g/mol. The first-order chi connectivity index (χ1) is 13.0. The molecule has 2 aromatic heterocycles. The van der Waals surface area contributed by atoms with Gasteiger partial charge < -0.3 is 10.2 Å². The number of H-pyrrole nitrogens is 1. The second-order valence-electron chi connectivity index (χ2n) is 7.44. The van der Waals surface area contributed by atoms with Crippen LogP contribution >= 0.6 is 0 Å². The molecule has 2 amide bonds. The number of hydrogen-bond acceptors (Lipinski definition) is 3. The lowest BCUT2D eigenvalue weighted by Gasteiger charge is -2.18. The van der Waals surface area contributed by atoms with E-state index in [1.54, 1.807) is 11.9 Å². The number of nitrogens with one attached hydrogen (secondary N) is 2. The molecule has 2 heterocycles. The van der Waals surface area contributed by atoms with Crippen LogP contribution in [-0.4, -0.2) is 38.0 Å². The van der Waals surface area contributed by atoms with Crippen LogP contribution in [0.4, 0.5) is 4.79 Å². The smallest absolute Gasteiger partial charge is 0.317 e. The fourth-order valence-corrected chi connectivity index (χ4v) is 3.85. The number of carbonyl (C=O) groups is 1. The van der Waals surface area contributed by atoms with Gasteiger partial charge in [-0.05, 0) is 50.3 Å². The average molecular weight is 366 g/mol. The van der Waals surface area contributed by atoms with Crippen molar-refractivity contribution in [2.75, 3.05) is 7.05 Å². The highest BCUT2D eigenvalue weighted by atomic mass is 16.2. The van der Waals surface area contributed by atoms with Crippen molar-refractivity contribution < 1.29 is 4.79 Å². The van der Waals surface area contributed by atoms with E-state index in [0.29, 0.717) is 13.1 Å². The number of fused-ring (bicyclic) bond motifs is 2. The Bertz CT molecular complexity index is 986. The van der Waals surface area contributed by atoms with Crippen LogP contribution in [0.3, 0.4) is 0 Å². The molecular weight excluding hydrogens is 340 g/mol. The predicted octanol–water partition coefficient (Wildman–Crippen LogP) is 2.83. The molecule has 0 saturated carbocycles. The second-order valence-corrected chi connectivity index (χ2v) is 7.44. The number of aryl methyl sites for hydroxylation is 3. The van der Waals surface area contributed by atoms with Crippen molar-refractivity contribution in [1.29, 1.82) is 0 Å². The summed E-state index contributed by atoms with van der Waals surface area (Å²) in [7, 11) is 3.73. The van der Waals surface area contributed by atoms with E-state index in [1.807, 2.05) is 11.7 Å². The highest BCUT2D eigenvalue weighted by Crippen LogP contribution is 2.23. The zero-order valence-corrected chi connectivity index (χ0v) is 16.2. The molecule has 0 radical (unpaired) electrons. The summed E-state index contributed by atoms with van der Waals surface area (Å²) in [5.41, 5.74) is 6.66. The van der Waals surface area contributed by atoms with Crippen LogP contribution in [0.25, 0.3) is 10.9 Å². The topological polar surface area (TPSA) is 78.8 Å². The van der Waals surface area contributed by atoms with Gasteiger partial charge in [0.2, 0.25) is 0 Å². The Morgan fingerprint density at radius 3 is 2.96 bits per heavy atom. The van der Waals surface area contributed by atoms with Gasteiger partial charge in [-0.2, -0.15) is 10.2 Å². The minimum Gasteiger partial charge on any atom is -0.332 e. The standard InChI is InChI=1S/C20H26N6O/c1-13-8-9-19-15(10-13)17(24-26(19)3)11-21-20(27)25(2)12-18-14-6-4-5-7-16(14)22-23-18/h8-10H,4-7,11-12H2,1-3H3,(H,21,27)(H,22,23). The van der Waals surface area contributed by atoms with Crippen LogP contribution in [0.5, 0.6) is 0 Å². The first-order valence-corrected chi connectivity index (χ1v) is 9.49. The van der Waals surface area contributed by atoms with Crippen LogP contribution < -0.4 is 5.32 Å². The highest BCUT2D eigenvalue weighted by molar-refractivity contribution is 5.83. The normalized spacial score (nSPS) is 13.6. The summed E-state index contributed by atoms with van der Waals surface area (Å²) in [5.74, 6) is 0. The summed E-state index contributed by atoms with van der Waals surface area (Å²) in [4.78, 5) is 14.2. The Kier molecular flexibility index (Phi) is 4.59. The van der Waals surface area contributed by atoms with Crippen LogP contribution in [-0.2, 0) is 33.0 Å². The van der Waals surface area contributed by atoms with Gasteiger partial charge in [0.1, 0.15) is 0 Å². The molecule has 7 heteroatoms. The molecule has 0 bridgehead atoms. The molecule has 0 spiro atoms. The minimum atomic E-state index is -0.117. The van der Waals surface area contributed by atoms with Crippen molar-refractivity contribution in [3.8, 4) is 0 Å². The molecule has 7 nitrogen and oxygen atoms in total. The molecule has 0 atom stereocenters. The number of benzene rings is 1. The van der Waals surface area contributed by atoms with Crippen LogP contribution in [0.2, 0.25) is 0 Å². The Labute approximate surface area is 158 Å². The summed E-state index contributed by atoms with van der Waals surface area (Å²) < 4.78 is 1.86. The van der Waals surface area contributed by atoms with E-state index in [2.05, 4.69) is 45.7 Å². The quantitative estimate of drug-likeness (QED) is 0.745. The maximum absolute atomic E-state index is 12.6. The number of aromatic amines is 1. The molecule has 142 valence electrons. The van der Waals surface area contributed by atoms with Gasteiger partial charge in [0.05, 0.1) is 30.0 Å². The van der Waals surface area contributed by atoms with Gasteiger partial charge in [-0.1, -0.05) is 11.6 Å². The van der Waals surface area contributed by atoms with Crippen molar-refractivity contribution in [3.05, 3.63) is 46.4 Å². The third kappa shape index (κ3) is 3.41. The highest BCUT2D eigenvalue weighted by Gasteiger charge is 2.19. The number of nitrogens with zero attached hydrogens (tertiary/aromatic N) is 4. The molecular formula is C20H26N6O. The lowest BCUT2D eigenvalue weighted by Crippen LogP contribution is -2.36. The molecule has 4 rings (SSSR count). The number of aromatic nitrogens is 4. The lowest BCUT2D eigenvalue weighted by atomic mass is 9.96. The van der Waals surface area contributed by atoms with Crippen LogP contribution in [0, 0.1) is 6.92 Å². The van der Waals surface area contributed by atoms with Gasteiger partial charge in [0.25, 0.3) is 0 Å². The summed E-state index contributed by atoms with van der Waals surface area (Å²) in [6.45, 7) is 2.98. The predicted molar refractivity (Wildman–Crippen MR) is 104 cm³/mol. The zero-order chi connectivity index (χ0) is 19.0. The third-order valence-electron chi connectivity index (χ3n) is 5.36. The lowest BCUT2D eigenvalue weighted by molar-refractivity contribution is 0.205. The van der Waals surface area contributed by atoms with Crippen molar-refractivity contribution in [1.82, 2.24) is 30.2 Å². The average Bonchev–Trinajstić information content (AvgIpc) is 3.21. The molecule has 2 N–H and O–H groups in total. The number of urea groups is 1. The molecule has 27 heavy (non-hydrogen) atoms. The third-order valence-corrected chi connectivity index (χ3v) is 5.36. The van der Waals surface area contributed by atoms with Gasteiger partial charge >= 0.3 is 6.03 Å². The first-order valence-electron chi connectivity index (χ1n) is 9.49. The van der Waals surface area contributed by atoms with Gasteiger partial charge in [-0.15, -0.1) is 0 Å². The summed E-state index contributed by atoms with van der Waals surface area (Å²) >= 11 is 0. The van der Waals surface area contributed by atoms with E-state index in [9.17, 15) is 4.79 Å². The van der Waals surface area contributed by atoms with E-state index < -0.39 is 0 Å². The van der Waals surface area contributed by atoms with Crippen molar-refractivity contribution in [3.63, 3.8) is 0 Å². The number of rotatable bonds is 4. The molecule has 0 saturated heterocycles.